The molecule has 0 amide bonds. The van der Waals surface area contributed by atoms with Crippen molar-refractivity contribution in [3.63, 3.8) is 0 Å². The van der Waals surface area contributed by atoms with Gasteiger partial charge in [-0.15, -0.1) is 5.10 Å². The van der Waals surface area contributed by atoms with Gasteiger partial charge in [0.15, 0.2) is 5.56 Å². The van der Waals surface area contributed by atoms with Crippen LogP contribution < -0.4 is 4.74 Å². The van der Waals surface area contributed by atoms with E-state index in [-0.39, 0.29) is 42.3 Å². The topological polar surface area (TPSA) is 101 Å². The SMILES string of the molecule is CO/C=C(/C(=O)O)c1ccccc1COc1nn(CC(COC)OCOC)c(Br)c1C(F)(F)F. The Bertz CT molecular complexity index is 995. The molecule has 0 spiro atoms. The lowest BCUT2D eigenvalue weighted by atomic mass is 10.0. The fraction of sp³-hybridized carbons (Fsp3) is 0.429. The second-order valence-corrected chi connectivity index (χ2v) is 7.57. The van der Waals surface area contributed by atoms with Crippen LogP contribution in [0.5, 0.6) is 5.88 Å². The summed E-state index contributed by atoms with van der Waals surface area (Å²) in [7, 11) is 4.13. The molecule has 1 N–H and O–H groups in total. The van der Waals surface area contributed by atoms with Crippen LogP contribution in [-0.4, -0.2) is 61.7 Å². The molecule has 0 aliphatic heterocycles. The number of carbonyl (C=O) groups is 1. The Morgan fingerprint density at radius 3 is 2.53 bits per heavy atom. The molecule has 9 nitrogen and oxygen atoms in total. The van der Waals surface area contributed by atoms with Crippen LogP contribution in [0.3, 0.4) is 0 Å². The summed E-state index contributed by atoms with van der Waals surface area (Å²) in [6.07, 6.45) is -4.39. The fourth-order valence-electron chi connectivity index (χ4n) is 2.98. The van der Waals surface area contributed by atoms with E-state index < -0.39 is 29.7 Å². The number of carboxylic acid groups (broad SMARTS) is 1. The zero-order valence-corrected chi connectivity index (χ0v) is 20.2. The van der Waals surface area contributed by atoms with E-state index in [1.807, 2.05) is 0 Å². The Balaban J connectivity index is 2.37. The Labute approximate surface area is 202 Å². The maximum Gasteiger partial charge on any atom is 0.424 e. The second-order valence-electron chi connectivity index (χ2n) is 6.82. The first-order valence-corrected chi connectivity index (χ1v) is 10.5. The summed E-state index contributed by atoms with van der Waals surface area (Å²) in [5, 5.41) is 13.4. The third kappa shape index (κ3) is 7.19. The van der Waals surface area contributed by atoms with Crippen LogP contribution in [0.15, 0.2) is 35.1 Å². The highest BCUT2D eigenvalue weighted by molar-refractivity contribution is 9.10. The molecule has 2 rings (SSSR count). The number of methoxy groups -OCH3 is 3. The second kappa shape index (κ2) is 12.7. The molecule has 1 aromatic carbocycles. The largest absolute Gasteiger partial charge is 0.503 e. The van der Waals surface area contributed by atoms with Gasteiger partial charge in [0.25, 0.3) is 0 Å². The van der Waals surface area contributed by atoms with Gasteiger partial charge in [0.05, 0.1) is 26.5 Å². The molecular formula is C21H24BrF3N2O7. The molecule has 1 heterocycles. The fourth-order valence-corrected chi connectivity index (χ4v) is 3.60. The summed E-state index contributed by atoms with van der Waals surface area (Å²) in [5.74, 6) is -1.94. The van der Waals surface area contributed by atoms with E-state index in [0.717, 1.165) is 10.9 Å². The van der Waals surface area contributed by atoms with Gasteiger partial charge in [0, 0.05) is 14.2 Å². The van der Waals surface area contributed by atoms with Crippen molar-refractivity contribution in [2.24, 2.45) is 0 Å². The first kappa shape index (κ1) is 27.6. The number of nitrogens with zero attached hydrogens (tertiary/aromatic N) is 2. The summed E-state index contributed by atoms with van der Waals surface area (Å²) in [6.45, 7) is -0.455. The third-order valence-electron chi connectivity index (χ3n) is 4.43. The smallest absolute Gasteiger partial charge is 0.424 e. The monoisotopic (exact) mass is 552 g/mol. The number of halogens is 4. The molecule has 2 aromatic rings. The third-order valence-corrected chi connectivity index (χ3v) is 5.24. The zero-order valence-electron chi connectivity index (χ0n) is 18.6. The molecule has 0 radical (unpaired) electrons. The Hall–Kier alpha value is -2.61. The van der Waals surface area contributed by atoms with E-state index in [2.05, 4.69) is 21.0 Å². The maximum absolute atomic E-state index is 13.8. The standard InChI is InChI=1S/C21H24BrF3N2O7/c1-30-10-14(34-12-32-3)8-27-18(22)17(21(23,24)25)19(26-27)33-9-13-6-4-5-7-15(13)16(11-31-2)20(28)29/h4-7,11,14H,8-10,12H2,1-3H3,(H,28,29)/b16-11+. The van der Waals surface area contributed by atoms with Crippen molar-refractivity contribution in [1.82, 2.24) is 9.78 Å². The van der Waals surface area contributed by atoms with Crippen molar-refractivity contribution >= 4 is 27.5 Å². The number of rotatable bonds is 13. The normalized spacial score (nSPS) is 13.1. The van der Waals surface area contributed by atoms with Gasteiger partial charge in [0.1, 0.15) is 29.7 Å². The molecule has 188 valence electrons. The first-order valence-electron chi connectivity index (χ1n) is 9.74. The molecular weight excluding hydrogens is 529 g/mol. The van der Waals surface area contributed by atoms with Crippen molar-refractivity contribution in [1.29, 1.82) is 0 Å². The highest BCUT2D eigenvalue weighted by atomic mass is 79.9. The Morgan fingerprint density at radius 1 is 1.24 bits per heavy atom. The molecule has 13 heteroatoms. The molecule has 0 aliphatic carbocycles. The molecule has 0 aliphatic rings. The Morgan fingerprint density at radius 2 is 1.94 bits per heavy atom. The van der Waals surface area contributed by atoms with Crippen LogP contribution in [0.25, 0.3) is 5.57 Å². The van der Waals surface area contributed by atoms with Gasteiger partial charge in [-0.2, -0.15) is 13.2 Å². The highest BCUT2D eigenvalue weighted by Gasteiger charge is 2.41. The number of ether oxygens (including phenoxy) is 5. The minimum absolute atomic E-state index is 0.0828. The minimum Gasteiger partial charge on any atom is -0.503 e. The van der Waals surface area contributed by atoms with Gasteiger partial charge in [-0.25, -0.2) is 4.79 Å². The van der Waals surface area contributed by atoms with Gasteiger partial charge in [-0.3, -0.25) is 4.68 Å². The summed E-state index contributed by atoms with van der Waals surface area (Å²) >= 11 is 2.96. The number of carboxylic acids is 1. The number of aromatic nitrogens is 2. The molecule has 0 saturated carbocycles. The van der Waals surface area contributed by atoms with E-state index in [4.69, 9.17) is 23.7 Å². The number of hydrogen-bond acceptors (Lipinski definition) is 7. The van der Waals surface area contributed by atoms with Crippen LogP contribution in [0.4, 0.5) is 13.2 Å². The summed E-state index contributed by atoms with van der Waals surface area (Å²) in [4.78, 5) is 11.6. The van der Waals surface area contributed by atoms with Crippen LogP contribution in [-0.2, 0) is 43.1 Å². The summed E-state index contributed by atoms with van der Waals surface area (Å²) < 4.78 is 67.7. The van der Waals surface area contributed by atoms with E-state index in [1.54, 1.807) is 12.1 Å². The number of benzene rings is 1. The van der Waals surface area contributed by atoms with Gasteiger partial charge in [0.2, 0.25) is 5.88 Å². The number of aliphatic carboxylic acids is 1. The lowest BCUT2D eigenvalue weighted by Crippen LogP contribution is -2.27. The van der Waals surface area contributed by atoms with Crippen molar-refractivity contribution < 1.29 is 46.8 Å². The first-order chi connectivity index (χ1) is 16.1. The maximum atomic E-state index is 13.8. The summed E-state index contributed by atoms with van der Waals surface area (Å²) in [6, 6.07) is 6.23. The minimum atomic E-state index is -4.78. The van der Waals surface area contributed by atoms with Crippen LogP contribution in [0.2, 0.25) is 0 Å². The average Bonchev–Trinajstić information content (AvgIpc) is 3.10. The van der Waals surface area contributed by atoms with Gasteiger partial charge < -0.3 is 28.8 Å². The van der Waals surface area contributed by atoms with Gasteiger partial charge in [-0.1, -0.05) is 24.3 Å². The average molecular weight is 553 g/mol. The zero-order chi connectivity index (χ0) is 25.3. The predicted octanol–water partition coefficient (Wildman–Crippen LogP) is 3.95. The van der Waals surface area contributed by atoms with Crippen molar-refractivity contribution in [3.8, 4) is 5.88 Å². The molecule has 1 atom stereocenters. The van der Waals surface area contributed by atoms with E-state index >= 15 is 0 Å². The van der Waals surface area contributed by atoms with Crippen LogP contribution in [0.1, 0.15) is 16.7 Å². The lowest BCUT2D eigenvalue weighted by molar-refractivity contribution is -0.139. The van der Waals surface area contributed by atoms with E-state index in [1.165, 1.54) is 33.5 Å². The molecule has 34 heavy (non-hydrogen) atoms. The molecule has 0 fully saturated rings. The van der Waals surface area contributed by atoms with Crippen LogP contribution in [0, 0.1) is 0 Å². The van der Waals surface area contributed by atoms with Crippen molar-refractivity contribution in [2.45, 2.75) is 25.4 Å². The van der Waals surface area contributed by atoms with Gasteiger partial charge in [-0.05, 0) is 27.1 Å². The van der Waals surface area contributed by atoms with E-state index in [0.29, 0.717) is 5.56 Å². The van der Waals surface area contributed by atoms with Gasteiger partial charge >= 0.3 is 12.1 Å². The van der Waals surface area contributed by atoms with Crippen molar-refractivity contribution in [2.75, 3.05) is 34.7 Å². The molecule has 0 saturated heterocycles. The van der Waals surface area contributed by atoms with E-state index in [9.17, 15) is 23.1 Å². The number of hydrogen-bond donors (Lipinski definition) is 1. The molecule has 0 bridgehead atoms. The predicted molar refractivity (Wildman–Crippen MR) is 117 cm³/mol. The quantitative estimate of drug-likeness (QED) is 0.226. The molecule has 1 unspecified atom stereocenters. The van der Waals surface area contributed by atoms with Crippen LogP contribution >= 0.6 is 15.9 Å². The summed E-state index contributed by atoms with van der Waals surface area (Å²) in [5.41, 5.74) is -0.731. The van der Waals surface area contributed by atoms with Crippen molar-refractivity contribution in [3.05, 3.63) is 51.8 Å². The Kier molecular flexibility index (Phi) is 10.4. The lowest BCUT2D eigenvalue weighted by Gasteiger charge is -2.17. The highest BCUT2D eigenvalue weighted by Crippen LogP contribution is 2.41. The number of alkyl halides is 3. The molecule has 1 aromatic heterocycles.